The van der Waals surface area contributed by atoms with E-state index in [0.717, 1.165) is 24.9 Å². The fourth-order valence-electron chi connectivity index (χ4n) is 2.82. The van der Waals surface area contributed by atoms with Crippen LogP contribution in [0.2, 0.25) is 0 Å². The number of rotatable bonds is 7. The molecule has 1 aliphatic heterocycles. The number of hydrogen-bond acceptors (Lipinski definition) is 3. The van der Waals surface area contributed by atoms with Crippen molar-refractivity contribution in [3.63, 3.8) is 0 Å². The van der Waals surface area contributed by atoms with Gasteiger partial charge in [-0.3, -0.25) is 4.79 Å². The number of unbranched alkanes of at least 4 members (excludes halogenated alkanes) is 3. The van der Waals surface area contributed by atoms with Gasteiger partial charge in [0.2, 0.25) is 0 Å². The second kappa shape index (κ2) is 8.06. The van der Waals surface area contributed by atoms with Gasteiger partial charge in [-0.25, -0.2) is 0 Å². The number of esters is 1. The molecule has 0 aliphatic carbocycles. The molecule has 116 valence electrons. The Kier molecular flexibility index (Phi) is 6.09. The summed E-state index contributed by atoms with van der Waals surface area (Å²) in [5, 5.41) is 3.33. The number of fused-ring (bicyclic) bond motifs is 1. The third-order valence-electron chi connectivity index (χ3n) is 4.14. The van der Waals surface area contributed by atoms with Crippen molar-refractivity contribution in [3.8, 4) is 0 Å². The molecule has 1 aliphatic rings. The van der Waals surface area contributed by atoms with E-state index in [2.05, 4.69) is 24.4 Å². The molecule has 1 aromatic carbocycles. The van der Waals surface area contributed by atoms with Crippen LogP contribution in [0.25, 0.3) is 0 Å². The SMILES string of the molecule is CCCCCCC(C)OC(=O)C1CNc2ccccc2C1. The molecule has 3 heteroatoms. The minimum Gasteiger partial charge on any atom is -0.462 e. The molecule has 2 unspecified atom stereocenters. The van der Waals surface area contributed by atoms with E-state index < -0.39 is 0 Å². The number of benzene rings is 1. The number of ether oxygens (including phenoxy) is 1. The van der Waals surface area contributed by atoms with Gasteiger partial charge in [0.15, 0.2) is 0 Å². The van der Waals surface area contributed by atoms with Crippen molar-refractivity contribution in [1.29, 1.82) is 0 Å². The van der Waals surface area contributed by atoms with Gasteiger partial charge in [0, 0.05) is 12.2 Å². The molecular formula is C18H27NO2. The minimum absolute atomic E-state index is 0.0338. The molecule has 0 bridgehead atoms. The van der Waals surface area contributed by atoms with Crippen LogP contribution in [0.3, 0.4) is 0 Å². The minimum atomic E-state index is -0.0574. The Morgan fingerprint density at radius 2 is 2.14 bits per heavy atom. The predicted molar refractivity (Wildman–Crippen MR) is 86.4 cm³/mol. The number of para-hydroxylation sites is 1. The predicted octanol–water partition coefficient (Wildman–Crippen LogP) is 4.17. The first kappa shape index (κ1) is 15.9. The number of hydrogen-bond donors (Lipinski definition) is 1. The van der Waals surface area contributed by atoms with Gasteiger partial charge in [-0.1, -0.05) is 44.4 Å². The van der Waals surface area contributed by atoms with Crippen LogP contribution >= 0.6 is 0 Å². The van der Waals surface area contributed by atoms with E-state index in [0.29, 0.717) is 6.54 Å². The second-order valence-electron chi connectivity index (χ2n) is 6.04. The highest BCUT2D eigenvalue weighted by Gasteiger charge is 2.26. The Bertz CT molecular complexity index is 458. The van der Waals surface area contributed by atoms with Crippen LogP contribution in [0.1, 0.15) is 51.5 Å². The standard InChI is InChI=1S/C18H27NO2/c1-3-4-5-6-9-14(2)21-18(20)16-12-15-10-7-8-11-17(15)19-13-16/h7-8,10-11,14,16,19H,3-6,9,12-13H2,1-2H3. The quantitative estimate of drug-likeness (QED) is 0.604. The summed E-state index contributed by atoms with van der Waals surface area (Å²) in [5.41, 5.74) is 2.36. The lowest BCUT2D eigenvalue weighted by Crippen LogP contribution is -2.32. The van der Waals surface area contributed by atoms with E-state index in [-0.39, 0.29) is 18.0 Å². The number of nitrogens with one attached hydrogen (secondary N) is 1. The van der Waals surface area contributed by atoms with Crippen LogP contribution in [-0.4, -0.2) is 18.6 Å². The number of carbonyl (C=O) groups is 1. The zero-order chi connectivity index (χ0) is 15.1. The van der Waals surface area contributed by atoms with E-state index >= 15 is 0 Å². The number of anilines is 1. The van der Waals surface area contributed by atoms with Crippen molar-refractivity contribution >= 4 is 11.7 Å². The molecule has 0 saturated heterocycles. The molecule has 3 nitrogen and oxygen atoms in total. The Labute approximate surface area is 128 Å². The van der Waals surface area contributed by atoms with Crippen LogP contribution in [0.15, 0.2) is 24.3 Å². The summed E-state index contributed by atoms with van der Waals surface area (Å²) in [5.74, 6) is -0.113. The Morgan fingerprint density at radius 1 is 1.33 bits per heavy atom. The van der Waals surface area contributed by atoms with E-state index in [1.165, 1.54) is 24.8 Å². The van der Waals surface area contributed by atoms with Crippen molar-refractivity contribution in [2.75, 3.05) is 11.9 Å². The van der Waals surface area contributed by atoms with Crippen molar-refractivity contribution in [3.05, 3.63) is 29.8 Å². The van der Waals surface area contributed by atoms with Gasteiger partial charge in [0.05, 0.1) is 12.0 Å². The van der Waals surface area contributed by atoms with Crippen LogP contribution in [0, 0.1) is 5.92 Å². The maximum absolute atomic E-state index is 12.2. The Balaban J connectivity index is 1.76. The fraction of sp³-hybridized carbons (Fsp3) is 0.611. The summed E-state index contributed by atoms with van der Waals surface area (Å²) < 4.78 is 5.61. The average Bonchev–Trinajstić information content (AvgIpc) is 2.51. The fourth-order valence-corrected chi connectivity index (χ4v) is 2.82. The van der Waals surface area contributed by atoms with Crippen molar-refractivity contribution in [2.24, 2.45) is 5.92 Å². The van der Waals surface area contributed by atoms with Crippen LogP contribution in [0.5, 0.6) is 0 Å². The summed E-state index contributed by atoms with van der Waals surface area (Å²) in [6.07, 6.45) is 6.68. The van der Waals surface area contributed by atoms with E-state index in [4.69, 9.17) is 4.74 Å². The monoisotopic (exact) mass is 289 g/mol. The highest BCUT2D eigenvalue weighted by Crippen LogP contribution is 2.25. The molecule has 2 rings (SSSR count). The van der Waals surface area contributed by atoms with Gasteiger partial charge in [-0.05, 0) is 37.8 Å². The highest BCUT2D eigenvalue weighted by atomic mass is 16.5. The van der Waals surface area contributed by atoms with Gasteiger partial charge in [-0.2, -0.15) is 0 Å². The summed E-state index contributed by atoms with van der Waals surface area (Å²) >= 11 is 0. The maximum Gasteiger partial charge on any atom is 0.311 e. The third-order valence-corrected chi connectivity index (χ3v) is 4.14. The largest absolute Gasteiger partial charge is 0.462 e. The van der Waals surface area contributed by atoms with Crippen molar-refractivity contribution in [1.82, 2.24) is 0 Å². The first-order valence-electron chi connectivity index (χ1n) is 8.23. The van der Waals surface area contributed by atoms with Crippen LogP contribution < -0.4 is 5.32 Å². The van der Waals surface area contributed by atoms with Crippen molar-refractivity contribution in [2.45, 2.75) is 58.5 Å². The lowest BCUT2D eigenvalue weighted by Gasteiger charge is -2.26. The molecule has 0 amide bonds. The normalized spacial score (nSPS) is 18.5. The average molecular weight is 289 g/mol. The van der Waals surface area contributed by atoms with Gasteiger partial charge < -0.3 is 10.1 Å². The molecule has 2 atom stereocenters. The first-order valence-corrected chi connectivity index (χ1v) is 8.23. The summed E-state index contributed by atoms with van der Waals surface area (Å²) in [6, 6.07) is 8.18. The van der Waals surface area contributed by atoms with E-state index in [1.807, 2.05) is 19.1 Å². The Morgan fingerprint density at radius 3 is 2.95 bits per heavy atom. The first-order chi connectivity index (χ1) is 10.2. The second-order valence-corrected chi connectivity index (χ2v) is 6.04. The molecular weight excluding hydrogens is 262 g/mol. The lowest BCUT2D eigenvalue weighted by molar-refractivity contribution is -0.153. The molecule has 0 fully saturated rings. The van der Waals surface area contributed by atoms with Gasteiger partial charge in [-0.15, -0.1) is 0 Å². The molecule has 1 N–H and O–H groups in total. The number of carbonyl (C=O) groups excluding carboxylic acids is 1. The maximum atomic E-state index is 12.2. The summed E-state index contributed by atoms with van der Waals surface area (Å²) in [4.78, 5) is 12.2. The highest BCUT2D eigenvalue weighted by molar-refractivity contribution is 5.75. The van der Waals surface area contributed by atoms with Gasteiger partial charge >= 0.3 is 5.97 Å². The van der Waals surface area contributed by atoms with Crippen LogP contribution in [-0.2, 0) is 16.0 Å². The zero-order valence-electron chi connectivity index (χ0n) is 13.2. The Hall–Kier alpha value is -1.51. The molecule has 0 spiro atoms. The van der Waals surface area contributed by atoms with Gasteiger partial charge in [0.25, 0.3) is 0 Å². The molecule has 0 radical (unpaired) electrons. The lowest BCUT2D eigenvalue weighted by atomic mass is 9.94. The zero-order valence-corrected chi connectivity index (χ0v) is 13.2. The van der Waals surface area contributed by atoms with Crippen molar-refractivity contribution < 1.29 is 9.53 Å². The topological polar surface area (TPSA) is 38.3 Å². The molecule has 0 aromatic heterocycles. The smallest absolute Gasteiger partial charge is 0.311 e. The van der Waals surface area contributed by atoms with E-state index in [1.54, 1.807) is 0 Å². The summed E-state index contributed by atoms with van der Waals surface area (Å²) in [6.45, 7) is 4.89. The summed E-state index contributed by atoms with van der Waals surface area (Å²) in [7, 11) is 0. The van der Waals surface area contributed by atoms with Crippen LogP contribution in [0.4, 0.5) is 5.69 Å². The van der Waals surface area contributed by atoms with Gasteiger partial charge in [0.1, 0.15) is 0 Å². The molecule has 1 aromatic rings. The van der Waals surface area contributed by atoms with E-state index in [9.17, 15) is 4.79 Å². The third kappa shape index (κ3) is 4.76. The molecule has 21 heavy (non-hydrogen) atoms. The molecule has 0 saturated carbocycles. The molecule has 1 heterocycles.